The number of nitrogens with one attached hydrogen (secondary N) is 1. The summed E-state index contributed by atoms with van der Waals surface area (Å²) in [6, 6.07) is 12.5. The van der Waals surface area contributed by atoms with Gasteiger partial charge in [0, 0.05) is 24.7 Å². The Morgan fingerprint density at radius 3 is 2.67 bits per heavy atom. The minimum atomic E-state index is -0.273. The van der Waals surface area contributed by atoms with E-state index in [4.69, 9.17) is 11.6 Å². The molecule has 6 heteroatoms. The Hall–Kier alpha value is -2.40. The summed E-state index contributed by atoms with van der Waals surface area (Å²) < 4.78 is 0. The van der Waals surface area contributed by atoms with Gasteiger partial charge >= 0.3 is 0 Å². The molecule has 5 nitrogen and oxygen atoms in total. The van der Waals surface area contributed by atoms with Gasteiger partial charge in [-0.15, -0.1) is 0 Å². The molecular formula is C21H24ClN3O2. The first-order chi connectivity index (χ1) is 13.0. The summed E-state index contributed by atoms with van der Waals surface area (Å²) >= 11 is 5.87. The Bertz CT molecular complexity index is 807. The van der Waals surface area contributed by atoms with E-state index in [-0.39, 0.29) is 17.5 Å². The van der Waals surface area contributed by atoms with Gasteiger partial charge in [-0.05, 0) is 55.0 Å². The van der Waals surface area contributed by atoms with Crippen molar-refractivity contribution in [1.29, 1.82) is 0 Å². The van der Waals surface area contributed by atoms with Crippen LogP contribution in [0.15, 0.2) is 42.5 Å². The van der Waals surface area contributed by atoms with Crippen LogP contribution in [-0.2, 0) is 6.42 Å². The van der Waals surface area contributed by atoms with Crippen LogP contribution in [0.1, 0.15) is 46.3 Å². The van der Waals surface area contributed by atoms with E-state index in [2.05, 4.69) is 17.2 Å². The van der Waals surface area contributed by atoms with Crippen LogP contribution in [0, 0.1) is 5.92 Å². The average Bonchev–Trinajstić information content (AvgIpc) is 2.69. The molecule has 0 saturated carbocycles. The van der Waals surface area contributed by atoms with Crippen molar-refractivity contribution in [3.8, 4) is 0 Å². The van der Waals surface area contributed by atoms with Gasteiger partial charge in [0.05, 0.1) is 0 Å². The van der Waals surface area contributed by atoms with Crippen molar-refractivity contribution in [2.45, 2.75) is 26.2 Å². The molecule has 27 heavy (non-hydrogen) atoms. The van der Waals surface area contributed by atoms with Crippen LogP contribution in [0.4, 0.5) is 0 Å². The van der Waals surface area contributed by atoms with Gasteiger partial charge < -0.3 is 10.2 Å². The van der Waals surface area contributed by atoms with Crippen molar-refractivity contribution < 1.29 is 9.59 Å². The number of rotatable bonds is 5. The summed E-state index contributed by atoms with van der Waals surface area (Å²) in [4.78, 5) is 31.2. The number of carbonyl (C=O) groups is 2. The second-order valence-electron chi connectivity index (χ2n) is 7.04. The smallest absolute Gasteiger partial charge is 0.272 e. The Morgan fingerprint density at radius 2 is 1.93 bits per heavy atom. The predicted octanol–water partition coefficient (Wildman–Crippen LogP) is 3.58. The van der Waals surface area contributed by atoms with E-state index in [0.717, 1.165) is 31.5 Å². The maximum Gasteiger partial charge on any atom is 0.272 e. The highest BCUT2D eigenvalue weighted by Crippen LogP contribution is 2.17. The minimum Gasteiger partial charge on any atom is -0.350 e. The highest BCUT2D eigenvalue weighted by molar-refractivity contribution is 6.30. The SMILES string of the molecule is CC1CCCN(C(=O)c2cccc(C(=O)NCCc3ccc(Cl)cc3)n2)C1. The number of piperidine rings is 1. The molecule has 0 spiro atoms. The van der Waals surface area contributed by atoms with Crippen molar-refractivity contribution in [3.05, 3.63) is 64.4 Å². The molecule has 0 radical (unpaired) electrons. The maximum absolute atomic E-state index is 12.7. The van der Waals surface area contributed by atoms with Gasteiger partial charge in [-0.1, -0.05) is 36.7 Å². The molecule has 1 aliphatic rings. The highest BCUT2D eigenvalue weighted by atomic mass is 35.5. The topological polar surface area (TPSA) is 62.3 Å². The Kier molecular flexibility index (Phi) is 6.45. The summed E-state index contributed by atoms with van der Waals surface area (Å²) in [5, 5.41) is 3.55. The van der Waals surface area contributed by atoms with Crippen LogP contribution < -0.4 is 5.32 Å². The number of pyridine rings is 1. The minimum absolute atomic E-state index is 0.0997. The second kappa shape index (κ2) is 9.00. The van der Waals surface area contributed by atoms with Crippen LogP contribution in [0.5, 0.6) is 0 Å². The van der Waals surface area contributed by atoms with Crippen molar-refractivity contribution in [2.75, 3.05) is 19.6 Å². The number of halogens is 1. The van der Waals surface area contributed by atoms with Crippen LogP contribution in [-0.4, -0.2) is 41.3 Å². The van der Waals surface area contributed by atoms with E-state index in [1.807, 2.05) is 29.2 Å². The lowest BCUT2D eigenvalue weighted by molar-refractivity contribution is 0.0677. The first-order valence-electron chi connectivity index (χ1n) is 9.32. The van der Waals surface area contributed by atoms with Gasteiger partial charge in [-0.25, -0.2) is 4.98 Å². The van der Waals surface area contributed by atoms with Crippen LogP contribution in [0.3, 0.4) is 0 Å². The molecule has 1 fully saturated rings. The normalized spacial score (nSPS) is 16.8. The lowest BCUT2D eigenvalue weighted by Crippen LogP contribution is -2.39. The molecule has 1 N–H and O–H groups in total. The molecule has 1 atom stereocenters. The predicted molar refractivity (Wildman–Crippen MR) is 106 cm³/mol. The van der Waals surface area contributed by atoms with Gasteiger partial charge in [0.2, 0.25) is 0 Å². The number of aromatic nitrogens is 1. The Balaban J connectivity index is 1.58. The number of nitrogens with zero attached hydrogens (tertiary/aromatic N) is 2. The fraction of sp³-hybridized carbons (Fsp3) is 0.381. The molecule has 0 bridgehead atoms. The first-order valence-corrected chi connectivity index (χ1v) is 9.69. The van der Waals surface area contributed by atoms with E-state index in [0.29, 0.717) is 29.6 Å². The number of amides is 2. The van der Waals surface area contributed by atoms with E-state index in [1.54, 1.807) is 18.2 Å². The Morgan fingerprint density at radius 1 is 1.19 bits per heavy atom. The summed E-state index contributed by atoms with van der Waals surface area (Å²) in [5.41, 5.74) is 1.69. The monoisotopic (exact) mass is 385 g/mol. The van der Waals surface area contributed by atoms with E-state index in [1.165, 1.54) is 0 Å². The summed E-state index contributed by atoms with van der Waals surface area (Å²) in [6.07, 6.45) is 2.86. The number of hydrogen-bond donors (Lipinski definition) is 1. The standard InChI is InChI=1S/C21H24ClN3O2/c1-15-4-3-13-25(14-15)21(27)19-6-2-5-18(24-19)20(26)23-12-11-16-7-9-17(22)10-8-16/h2,5-10,15H,3-4,11-14H2,1H3,(H,23,26). The van der Waals surface area contributed by atoms with Gasteiger partial charge in [-0.3, -0.25) is 9.59 Å². The molecule has 2 aromatic rings. The number of benzene rings is 1. The Labute approximate surface area is 164 Å². The van der Waals surface area contributed by atoms with Crippen molar-refractivity contribution >= 4 is 23.4 Å². The van der Waals surface area contributed by atoms with Crippen LogP contribution >= 0.6 is 11.6 Å². The van der Waals surface area contributed by atoms with E-state index in [9.17, 15) is 9.59 Å². The molecule has 2 heterocycles. The fourth-order valence-corrected chi connectivity index (χ4v) is 3.40. The molecule has 1 aliphatic heterocycles. The van der Waals surface area contributed by atoms with Gasteiger partial charge in [0.1, 0.15) is 11.4 Å². The quantitative estimate of drug-likeness (QED) is 0.855. The van der Waals surface area contributed by atoms with Crippen molar-refractivity contribution in [1.82, 2.24) is 15.2 Å². The molecule has 1 saturated heterocycles. The van der Waals surface area contributed by atoms with Crippen molar-refractivity contribution in [2.24, 2.45) is 5.92 Å². The molecule has 142 valence electrons. The number of likely N-dealkylation sites (tertiary alicyclic amines) is 1. The molecule has 2 amide bonds. The summed E-state index contributed by atoms with van der Waals surface area (Å²) in [7, 11) is 0. The van der Waals surface area contributed by atoms with Crippen molar-refractivity contribution in [3.63, 3.8) is 0 Å². The molecule has 3 rings (SSSR count). The fourth-order valence-electron chi connectivity index (χ4n) is 3.28. The molecular weight excluding hydrogens is 362 g/mol. The van der Waals surface area contributed by atoms with E-state index < -0.39 is 0 Å². The highest BCUT2D eigenvalue weighted by Gasteiger charge is 2.23. The summed E-state index contributed by atoms with van der Waals surface area (Å²) in [5.74, 6) is 0.130. The third-order valence-corrected chi connectivity index (χ3v) is 5.01. The zero-order valence-electron chi connectivity index (χ0n) is 15.5. The van der Waals surface area contributed by atoms with Crippen LogP contribution in [0.25, 0.3) is 0 Å². The number of carbonyl (C=O) groups excluding carboxylic acids is 2. The van der Waals surface area contributed by atoms with Gasteiger partial charge in [-0.2, -0.15) is 0 Å². The van der Waals surface area contributed by atoms with Gasteiger partial charge in [0.15, 0.2) is 0 Å². The zero-order chi connectivity index (χ0) is 19.2. The third kappa shape index (κ3) is 5.30. The average molecular weight is 386 g/mol. The van der Waals surface area contributed by atoms with Gasteiger partial charge in [0.25, 0.3) is 11.8 Å². The lowest BCUT2D eigenvalue weighted by Gasteiger charge is -2.30. The van der Waals surface area contributed by atoms with Crippen LogP contribution in [0.2, 0.25) is 5.02 Å². The summed E-state index contributed by atoms with van der Waals surface area (Å²) in [6.45, 7) is 4.14. The maximum atomic E-state index is 12.7. The lowest BCUT2D eigenvalue weighted by atomic mass is 10.00. The third-order valence-electron chi connectivity index (χ3n) is 4.76. The second-order valence-corrected chi connectivity index (χ2v) is 7.48. The zero-order valence-corrected chi connectivity index (χ0v) is 16.2. The molecule has 1 aromatic heterocycles. The molecule has 0 aliphatic carbocycles. The van der Waals surface area contributed by atoms with E-state index >= 15 is 0 Å². The number of hydrogen-bond acceptors (Lipinski definition) is 3. The molecule has 1 unspecified atom stereocenters. The molecule has 1 aromatic carbocycles. The largest absolute Gasteiger partial charge is 0.350 e. The first kappa shape index (κ1) is 19.4.